The number of anilines is 2. The second kappa shape index (κ2) is 20.1. The quantitative estimate of drug-likeness (QED) is 0.107. The molecule has 0 bridgehead atoms. The lowest BCUT2D eigenvalue weighted by Crippen LogP contribution is -2.45. The highest BCUT2D eigenvalue weighted by molar-refractivity contribution is 5.65. The lowest BCUT2D eigenvalue weighted by molar-refractivity contribution is -0.137. The average Bonchev–Trinajstić information content (AvgIpc) is 3.49. The van der Waals surface area contributed by atoms with Crippen molar-refractivity contribution in [1.82, 2.24) is 30.1 Å². The molecule has 0 radical (unpaired) electrons. The SMILES string of the molecule is C=CC=C.C=CC=C.Cc1ccc(Nc2nc3cccc(-c4cccc(C(F)(F)F)c4)n3n2)cc1.O=CNCCN1CCNCC1. The number of nitrogens with one attached hydrogen (secondary N) is 3. The van der Waals surface area contributed by atoms with Crippen LogP contribution in [0.1, 0.15) is 11.1 Å². The van der Waals surface area contributed by atoms with Crippen LogP contribution in [-0.4, -0.2) is 65.2 Å². The van der Waals surface area contributed by atoms with E-state index in [9.17, 15) is 18.0 Å². The number of aryl methyl sites for hydroxylation is 1. The van der Waals surface area contributed by atoms with Gasteiger partial charge in [-0.05, 0) is 43.3 Å². The fraction of sp³-hybridized carbons (Fsp3) is 0.229. The van der Waals surface area contributed by atoms with Crippen LogP contribution in [0, 0.1) is 6.92 Å². The van der Waals surface area contributed by atoms with Crippen molar-refractivity contribution in [2.75, 3.05) is 44.6 Å². The Morgan fingerprint density at radius 2 is 1.54 bits per heavy atom. The molecule has 0 spiro atoms. The first-order valence-electron chi connectivity index (χ1n) is 14.6. The van der Waals surface area contributed by atoms with Crippen molar-refractivity contribution in [3.8, 4) is 11.3 Å². The molecule has 0 aliphatic carbocycles. The Bertz CT molecular complexity index is 1500. The molecule has 2 aromatic carbocycles. The van der Waals surface area contributed by atoms with Crippen LogP contribution in [0.2, 0.25) is 0 Å². The number of alkyl halides is 3. The Kier molecular flexibility index (Phi) is 16.3. The summed E-state index contributed by atoms with van der Waals surface area (Å²) in [6.45, 7) is 21.5. The van der Waals surface area contributed by atoms with E-state index in [0.29, 0.717) is 22.9 Å². The van der Waals surface area contributed by atoms with E-state index in [1.54, 1.807) is 48.6 Å². The standard InChI is InChI=1S/C20H15F3N4.C7H15N3O.2C4H6/c1-13-8-10-16(11-9-13)24-19-25-18-7-3-6-17(27(18)26-19)14-4-2-5-15(12-14)20(21,22)23;11-7-9-3-6-10-4-1-8-2-5-10;2*1-3-4-2/h2-12H,1H3,(H,24,26);7-8H,1-6H2,(H,9,11);2*3-4H,1-2H2. The van der Waals surface area contributed by atoms with E-state index in [1.807, 2.05) is 31.2 Å². The summed E-state index contributed by atoms with van der Waals surface area (Å²) in [5.41, 5.74) is 2.76. The van der Waals surface area contributed by atoms with E-state index in [1.165, 1.54) is 10.6 Å². The van der Waals surface area contributed by atoms with Crippen LogP contribution >= 0.6 is 0 Å². The Hall–Kier alpha value is -5.00. The number of halogens is 3. The fourth-order valence-electron chi connectivity index (χ4n) is 4.01. The first-order chi connectivity index (χ1) is 22.2. The van der Waals surface area contributed by atoms with Gasteiger partial charge in [-0.3, -0.25) is 9.69 Å². The molecule has 4 aromatic rings. The minimum absolute atomic E-state index is 0.373. The van der Waals surface area contributed by atoms with Gasteiger partial charge in [-0.15, -0.1) is 5.10 Å². The van der Waals surface area contributed by atoms with E-state index in [4.69, 9.17) is 0 Å². The van der Waals surface area contributed by atoms with Gasteiger partial charge in [0, 0.05) is 50.5 Å². The summed E-state index contributed by atoms with van der Waals surface area (Å²) in [6, 6.07) is 18.1. The van der Waals surface area contributed by atoms with Gasteiger partial charge >= 0.3 is 6.18 Å². The Morgan fingerprint density at radius 3 is 2.13 bits per heavy atom. The van der Waals surface area contributed by atoms with Crippen molar-refractivity contribution in [3.63, 3.8) is 0 Å². The van der Waals surface area contributed by atoms with Crippen LogP contribution in [0.25, 0.3) is 16.9 Å². The minimum atomic E-state index is -4.40. The first-order valence-corrected chi connectivity index (χ1v) is 14.6. The third-order valence-corrected chi connectivity index (χ3v) is 6.35. The number of rotatable bonds is 9. The lowest BCUT2D eigenvalue weighted by Gasteiger charge is -2.26. The summed E-state index contributed by atoms with van der Waals surface area (Å²) in [4.78, 5) is 16.7. The average molecular weight is 634 g/mol. The number of carbonyl (C=O) groups excluding carboxylic acids is 1. The highest BCUT2D eigenvalue weighted by Crippen LogP contribution is 2.32. The van der Waals surface area contributed by atoms with Crippen LogP contribution in [0.3, 0.4) is 0 Å². The molecule has 8 nitrogen and oxygen atoms in total. The van der Waals surface area contributed by atoms with Crippen LogP contribution in [0.4, 0.5) is 24.8 Å². The highest BCUT2D eigenvalue weighted by Gasteiger charge is 2.30. The smallest absolute Gasteiger partial charge is 0.357 e. The van der Waals surface area contributed by atoms with Crippen molar-refractivity contribution >= 4 is 23.7 Å². The van der Waals surface area contributed by atoms with E-state index in [-0.39, 0.29) is 0 Å². The molecule has 1 aliphatic heterocycles. The van der Waals surface area contributed by atoms with Crippen molar-refractivity contribution in [3.05, 3.63) is 128 Å². The number of benzene rings is 2. The molecule has 1 saturated heterocycles. The molecule has 0 unspecified atom stereocenters. The van der Waals surface area contributed by atoms with Crippen molar-refractivity contribution in [2.24, 2.45) is 0 Å². The van der Waals surface area contributed by atoms with Gasteiger partial charge in [0.15, 0.2) is 5.65 Å². The van der Waals surface area contributed by atoms with E-state index < -0.39 is 11.7 Å². The highest BCUT2D eigenvalue weighted by atomic mass is 19.4. The van der Waals surface area contributed by atoms with E-state index in [0.717, 1.165) is 69.1 Å². The van der Waals surface area contributed by atoms with E-state index in [2.05, 4.69) is 57.2 Å². The molecule has 244 valence electrons. The Balaban J connectivity index is 0.000000319. The number of piperazine rings is 1. The molecule has 3 heterocycles. The van der Waals surface area contributed by atoms with Crippen molar-refractivity contribution in [1.29, 1.82) is 0 Å². The maximum atomic E-state index is 13.0. The van der Waals surface area contributed by atoms with Crippen LogP contribution in [0.15, 0.2) is 117 Å². The predicted octanol–water partition coefficient (Wildman–Crippen LogP) is 6.82. The number of allylic oxidation sites excluding steroid dienone is 4. The minimum Gasteiger partial charge on any atom is -0.357 e. The van der Waals surface area contributed by atoms with Crippen molar-refractivity contribution in [2.45, 2.75) is 13.1 Å². The van der Waals surface area contributed by atoms with Gasteiger partial charge in [-0.1, -0.05) is 86.5 Å². The number of hydrogen-bond acceptors (Lipinski definition) is 6. The first kappa shape index (κ1) is 37.2. The normalized spacial score (nSPS) is 12.4. The molecule has 3 N–H and O–H groups in total. The molecular formula is C35H42F3N7O. The zero-order chi connectivity index (χ0) is 33.8. The second-order valence-corrected chi connectivity index (χ2v) is 9.79. The summed E-state index contributed by atoms with van der Waals surface area (Å²) in [6.07, 6.45) is 2.91. The maximum Gasteiger partial charge on any atom is 0.416 e. The number of carbonyl (C=O) groups is 1. The molecule has 0 atom stereocenters. The Labute approximate surface area is 269 Å². The summed E-state index contributed by atoms with van der Waals surface area (Å²) in [5, 5.41) is 13.5. The van der Waals surface area contributed by atoms with Gasteiger partial charge in [0.2, 0.25) is 12.4 Å². The van der Waals surface area contributed by atoms with Crippen LogP contribution in [-0.2, 0) is 11.0 Å². The molecular weight excluding hydrogens is 591 g/mol. The molecule has 2 aromatic heterocycles. The second-order valence-electron chi connectivity index (χ2n) is 9.79. The number of fused-ring (bicyclic) bond motifs is 1. The number of nitrogens with zero attached hydrogens (tertiary/aromatic N) is 4. The van der Waals surface area contributed by atoms with E-state index >= 15 is 0 Å². The largest absolute Gasteiger partial charge is 0.416 e. The van der Waals surface area contributed by atoms with Crippen LogP contribution in [0.5, 0.6) is 0 Å². The summed E-state index contributed by atoms with van der Waals surface area (Å²) in [7, 11) is 0. The molecule has 11 heteroatoms. The summed E-state index contributed by atoms with van der Waals surface area (Å²) < 4.78 is 40.6. The molecule has 1 amide bonds. The summed E-state index contributed by atoms with van der Waals surface area (Å²) >= 11 is 0. The topological polar surface area (TPSA) is 86.6 Å². The van der Waals surface area contributed by atoms with Gasteiger partial charge in [0.25, 0.3) is 0 Å². The molecule has 0 saturated carbocycles. The molecule has 46 heavy (non-hydrogen) atoms. The van der Waals surface area contributed by atoms with Crippen molar-refractivity contribution < 1.29 is 18.0 Å². The van der Waals surface area contributed by atoms with Crippen LogP contribution < -0.4 is 16.0 Å². The number of hydrogen-bond donors (Lipinski definition) is 3. The third kappa shape index (κ3) is 12.9. The third-order valence-electron chi connectivity index (χ3n) is 6.35. The fourth-order valence-corrected chi connectivity index (χ4v) is 4.01. The van der Waals surface area contributed by atoms with Gasteiger partial charge in [0.05, 0.1) is 11.3 Å². The monoisotopic (exact) mass is 633 g/mol. The van der Waals surface area contributed by atoms with Gasteiger partial charge in [0.1, 0.15) is 0 Å². The lowest BCUT2D eigenvalue weighted by atomic mass is 10.1. The molecule has 5 rings (SSSR count). The maximum absolute atomic E-state index is 13.0. The predicted molar refractivity (Wildman–Crippen MR) is 182 cm³/mol. The van der Waals surface area contributed by atoms with Gasteiger partial charge in [-0.2, -0.15) is 18.2 Å². The zero-order valence-electron chi connectivity index (χ0n) is 26.1. The number of pyridine rings is 1. The van der Waals surface area contributed by atoms with Gasteiger partial charge in [-0.25, -0.2) is 4.52 Å². The Morgan fingerprint density at radius 1 is 0.913 bits per heavy atom. The zero-order valence-corrected chi connectivity index (χ0v) is 26.1. The van der Waals surface area contributed by atoms with Gasteiger partial charge < -0.3 is 16.0 Å². The molecule has 1 aliphatic rings. The molecule has 1 fully saturated rings. The number of amides is 1. The number of aromatic nitrogens is 3. The summed E-state index contributed by atoms with van der Waals surface area (Å²) in [5.74, 6) is 0.373.